The zero-order valence-electron chi connectivity index (χ0n) is 20.3. The molecule has 200 valence electrons. The maximum atomic E-state index is 15.2. The highest BCUT2D eigenvalue weighted by Crippen LogP contribution is 2.32. The zero-order chi connectivity index (χ0) is 27.4. The molecule has 0 unspecified atom stereocenters. The second-order valence-corrected chi connectivity index (χ2v) is 8.77. The van der Waals surface area contributed by atoms with Gasteiger partial charge in [0.1, 0.15) is 17.5 Å². The van der Waals surface area contributed by atoms with E-state index in [1.54, 1.807) is 13.2 Å². The Morgan fingerprint density at radius 3 is 1.97 bits per heavy atom. The average Bonchev–Trinajstić information content (AvgIpc) is 2.85. The molecule has 0 fully saturated rings. The van der Waals surface area contributed by atoms with Crippen molar-refractivity contribution in [2.45, 2.75) is 32.3 Å². The van der Waals surface area contributed by atoms with Gasteiger partial charge in [-0.1, -0.05) is 24.3 Å². The van der Waals surface area contributed by atoms with Crippen LogP contribution >= 0.6 is 0 Å². The first-order chi connectivity index (χ1) is 18.2. The molecule has 38 heavy (non-hydrogen) atoms. The largest absolute Gasteiger partial charge is 0.429 e. The summed E-state index contributed by atoms with van der Waals surface area (Å²) in [5, 5.41) is 0.624. The molecule has 0 amide bonds. The van der Waals surface area contributed by atoms with Crippen molar-refractivity contribution in [1.29, 1.82) is 0 Å². The van der Waals surface area contributed by atoms with Crippen LogP contribution in [0.3, 0.4) is 0 Å². The normalized spacial score (nSPS) is 11.5. The Kier molecular flexibility index (Phi) is 8.56. The Hall–Kier alpha value is -3.59. The lowest BCUT2D eigenvalue weighted by atomic mass is 9.95. The van der Waals surface area contributed by atoms with Crippen LogP contribution < -0.4 is 4.74 Å². The minimum Gasteiger partial charge on any atom is -0.429 e. The minimum atomic E-state index is -3.38. The number of hydrogen-bond donors (Lipinski definition) is 0. The Labute approximate surface area is 214 Å². The van der Waals surface area contributed by atoms with Crippen LogP contribution in [0.15, 0.2) is 54.6 Å². The predicted molar refractivity (Wildman–Crippen MR) is 130 cm³/mol. The van der Waals surface area contributed by atoms with Crippen LogP contribution in [-0.2, 0) is 24.0 Å². The van der Waals surface area contributed by atoms with Crippen LogP contribution in [0.2, 0.25) is 0 Å². The molecule has 0 atom stereocenters. The van der Waals surface area contributed by atoms with E-state index in [9.17, 15) is 26.3 Å². The fourth-order valence-electron chi connectivity index (χ4n) is 4.39. The molecular weight excluding hydrogens is 513 g/mol. The number of aryl methyl sites for hydroxylation is 3. The molecule has 0 aliphatic rings. The number of alkyl halides is 2. The highest BCUT2D eigenvalue weighted by molar-refractivity contribution is 5.88. The lowest BCUT2D eigenvalue weighted by Gasteiger charge is -2.12. The molecule has 4 aromatic rings. The van der Waals surface area contributed by atoms with Crippen LogP contribution in [-0.4, -0.2) is 20.3 Å². The third-order valence-corrected chi connectivity index (χ3v) is 6.19. The van der Waals surface area contributed by atoms with Crippen LogP contribution in [0.25, 0.3) is 21.9 Å². The summed E-state index contributed by atoms with van der Waals surface area (Å²) in [5.74, 6) is -5.77. The first kappa shape index (κ1) is 27.4. The van der Waals surface area contributed by atoms with Crippen molar-refractivity contribution < 1.29 is 40.2 Å². The third-order valence-electron chi connectivity index (χ3n) is 6.19. The summed E-state index contributed by atoms with van der Waals surface area (Å²) in [6.45, 7) is -2.91. The standard InChI is InChI=1S/C29H23F7O2/c1-37-10-2-3-16-11-22(30)26(23(31)12-16)20-8-9-21-19(15-20)7-6-18(27(21)34)5-4-17-13-24(32)28(25(33)14-17)38-29(35)36/h6-9,11-15,29H,2-5,10H2,1H3. The van der Waals surface area contributed by atoms with Gasteiger partial charge in [-0.25, -0.2) is 22.0 Å². The lowest BCUT2D eigenvalue weighted by molar-refractivity contribution is -0.0546. The zero-order valence-corrected chi connectivity index (χ0v) is 20.3. The SMILES string of the molecule is COCCCc1cc(F)c(-c2ccc3c(F)c(CCc4cc(F)c(OC(F)F)c(F)c4)ccc3c2)c(F)c1. The van der Waals surface area contributed by atoms with Crippen molar-refractivity contribution in [2.24, 2.45) is 0 Å². The molecule has 0 saturated heterocycles. The summed E-state index contributed by atoms with van der Waals surface area (Å²) >= 11 is 0. The van der Waals surface area contributed by atoms with Crippen LogP contribution in [0, 0.1) is 29.1 Å². The van der Waals surface area contributed by atoms with E-state index in [2.05, 4.69) is 4.74 Å². The number of methoxy groups -OCH3 is 1. The van der Waals surface area contributed by atoms with Crippen molar-refractivity contribution in [3.05, 3.63) is 100 Å². The molecule has 0 bridgehead atoms. The Morgan fingerprint density at radius 2 is 1.34 bits per heavy atom. The van der Waals surface area contributed by atoms with E-state index in [1.807, 2.05) is 0 Å². The fourth-order valence-corrected chi connectivity index (χ4v) is 4.39. The quantitative estimate of drug-likeness (QED) is 0.150. The van der Waals surface area contributed by atoms with Gasteiger partial charge >= 0.3 is 6.61 Å². The summed E-state index contributed by atoms with van der Waals surface area (Å²) in [7, 11) is 1.55. The first-order valence-corrected chi connectivity index (χ1v) is 11.8. The second-order valence-electron chi connectivity index (χ2n) is 8.77. The smallest absolute Gasteiger partial charge is 0.387 e. The van der Waals surface area contributed by atoms with Gasteiger partial charge < -0.3 is 9.47 Å². The fraction of sp³-hybridized carbons (Fsp3) is 0.241. The molecule has 9 heteroatoms. The van der Waals surface area contributed by atoms with Crippen molar-refractivity contribution in [1.82, 2.24) is 0 Å². The molecule has 0 radical (unpaired) electrons. The summed E-state index contributed by atoms with van der Waals surface area (Å²) < 4.78 is 106. The molecule has 4 rings (SSSR count). The molecule has 2 nitrogen and oxygen atoms in total. The second kappa shape index (κ2) is 11.9. The number of rotatable bonds is 10. The summed E-state index contributed by atoms with van der Waals surface area (Å²) in [5.41, 5.74) is 0.924. The maximum absolute atomic E-state index is 15.2. The lowest BCUT2D eigenvalue weighted by Crippen LogP contribution is -2.06. The number of fused-ring (bicyclic) bond motifs is 1. The van der Waals surface area contributed by atoms with Crippen LogP contribution in [0.5, 0.6) is 5.75 Å². The molecule has 0 spiro atoms. The molecule has 0 saturated carbocycles. The van der Waals surface area contributed by atoms with Gasteiger partial charge in [0.05, 0.1) is 5.56 Å². The highest BCUT2D eigenvalue weighted by Gasteiger charge is 2.18. The Morgan fingerprint density at radius 1 is 0.711 bits per heavy atom. The molecule has 0 aliphatic heterocycles. The van der Waals surface area contributed by atoms with Crippen molar-refractivity contribution in [2.75, 3.05) is 13.7 Å². The van der Waals surface area contributed by atoms with Gasteiger partial charge in [-0.15, -0.1) is 0 Å². The summed E-state index contributed by atoms with van der Waals surface area (Å²) in [4.78, 5) is 0. The maximum Gasteiger partial charge on any atom is 0.387 e. The van der Waals surface area contributed by atoms with E-state index in [-0.39, 0.29) is 40.5 Å². The molecule has 4 aromatic carbocycles. The number of benzene rings is 4. The van der Waals surface area contributed by atoms with Gasteiger partial charge in [-0.2, -0.15) is 8.78 Å². The summed E-state index contributed by atoms with van der Waals surface area (Å²) in [6.07, 6.45) is 1.16. The van der Waals surface area contributed by atoms with E-state index in [1.165, 1.54) is 36.4 Å². The average molecular weight is 536 g/mol. The van der Waals surface area contributed by atoms with Gasteiger partial charge in [-0.3, -0.25) is 0 Å². The monoisotopic (exact) mass is 536 g/mol. The number of hydrogen-bond acceptors (Lipinski definition) is 2. The van der Waals surface area contributed by atoms with Crippen LogP contribution in [0.4, 0.5) is 30.7 Å². The van der Waals surface area contributed by atoms with Crippen molar-refractivity contribution in [3.8, 4) is 16.9 Å². The number of halogens is 7. The van der Waals surface area contributed by atoms with E-state index in [0.717, 1.165) is 12.1 Å². The summed E-state index contributed by atoms with van der Waals surface area (Å²) in [6, 6.07) is 11.7. The van der Waals surface area contributed by atoms with Crippen molar-refractivity contribution in [3.63, 3.8) is 0 Å². The topological polar surface area (TPSA) is 18.5 Å². The highest BCUT2D eigenvalue weighted by atomic mass is 19.3. The van der Waals surface area contributed by atoms with E-state index in [0.29, 0.717) is 30.4 Å². The van der Waals surface area contributed by atoms with E-state index < -0.39 is 41.4 Å². The third kappa shape index (κ3) is 6.10. The van der Waals surface area contributed by atoms with Gasteiger partial charge in [0.15, 0.2) is 17.4 Å². The molecule has 0 N–H and O–H groups in total. The van der Waals surface area contributed by atoms with Gasteiger partial charge in [0.25, 0.3) is 0 Å². The minimum absolute atomic E-state index is 0.0243. The first-order valence-electron chi connectivity index (χ1n) is 11.8. The van der Waals surface area contributed by atoms with Crippen molar-refractivity contribution >= 4 is 10.8 Å². The molecule has 0 heterocycles. The molecular formula is C29H23F7O2. The number of ether oxygens (including phenoxy) is 2. The Balaban J connectivity index is 1.55. The van der Waals surface area contributed by atoms with Gasteiger partial charge in [0, 0.05) is 19.1 Å². The van der Waals surface area contributed by atoms with E-state index >= 15 is 4.39 Å². The van der Waals surface area contributed by atoms with Crippen LogP contribution in [0.1, 0.15) is 23.1 Å². The van der Waals surface area contributed by atoms with E-state index in [4.69, 9.17) is 4.74 Å². The molecule has 0 aromatic heterocycles. The van der Waals surface area contributed by atoms with Gasteiger partial charge in [-0.05, 0) is 83.7 Å². The molecule has 0 aliphatic carbocycles. The Bertz CT molecular complexity index is 1410. The van der Waals surface area contributed by atoms with Gasteiger partial charge in [0.2, 0.25) is 0 Å². The predicted octanol–water partition coefficient (Wildman–Crippen LogP) is 8.17.